The fourth-order valence-corrected chi connectivity index (χ4v) is 2.21. The number of non-ortho nitro benzene ring substituents is 1. The van der Waals surface area contributed by atoms with Gasteiger partial charge >= 0.3 is 6.09 Å². The topological polar surface area (TPSA) is 135 Å². The fraction of sp³-hybridized carbons (Fsp3) is 0.235. The number of pyridine rings is 1. The van der Waals surface area contributed by atoms with Crippen molar-refractivity contribution in [3.63, 3.8) is 0 Å². The molecule has 1 heterocycles. The molecule has 0 aliphatic heterocycles. The van der Waals surface area contributed by atoms with Gasteiger partial charge in [0.1, 0.15) is 11.3 Å². The van der Waals surface area contributed by atoms with Gasteiger partial charge in [-0.25, -0.2) is 14.2 Å². The predicted molar refractivity (Wildman–Crippen MR) is 91.7 cm³/mol. The largest absolute Gasteiger partial charge is 0.453 e. The number of primary amides is 1. The first-order valence-corrected chi connectivity index (χ1v) is 7.62. The zero-order valence-corrected chi connectivity index (χ0v) is 14.7. The zero-order valence-electron chi connectivity index (χ0n) is 14.7. The van der Waals surface area contributed by atoms with Crippen LogP contribution in [0.25, 0.3) is 0 Å². The van der Waals surface area contributed by atoms with Crippen LogP contribution in [0, 0.1) is 15.9 Å². The Bertz CT molecular complexity index is 924. The molecule has 1 aromatic carbocycles. The second kappa shape index (κ2) is 7.36. The summed E-state index contributed by atoms with van der Waals surface area (Å²) >= 11 is 0. The van der Waals surface area contributed by atoms with Crippen LogP contribution in [0.5, 0.6) is 17.4 Å². The van der Waals surface area contributed by atoms with Gasteiger partial charge in [0.05, 0.1) is 11.0 Å². The van der Waals surface area contributed by atoms with E-state index in [1.54, 1.807) is 20.8 Å². The maximum atomic E-state index is 14.2. The van der Waals surface area contributed by atoms with Crippen molar-refractivity contribution in [1.82, 2.24) is 4.98 Å². The molecule has 2 N–H and O–H groups in total. The number of nitro groups is 1. The average Bonchev–Trinajstić information content (AvgIpc) is 2.55. The summed E-state index contributed by atoms with van der Waals surface area (Å²) in [7, 11) is 0. The molecule has 1 aromatic heterocycles. The molecule has 0 spiro atoms. The van der Waals surface area contributed by atoms with Crippen LogP contribution in [-0.2, 0) is 5.41 Å². The molecule has 0 atom stereocenters. The van der Waals surface area contributed by atoms with Gasteiger partial charge in [0.15, 0.2) is 17.9 Å². The molecule has 0 radical (unpaired) electrons. The lowest BCUT2D eigenvalue weighted by Gasteiger charge is -2.24. The van der Waals surface area contributed by atoms with Crippen molar-refractivity contribution >= 4 is 18.1 Å². The Kier molecular flexibility index (Phi) is 5.39. The summed E-state index contributed by atoms with van der Waals surface area (Å²) in [5, 5.41) is 10.7. The van der Waals surface area contributed by atoms with Gasteiger partial charge in [-0.15, -0.1) is 0 Å². The molecule has 0 bridgehead atoms. The molecule has 0 aliphatic rings. The van der Waals surface area contributed by atoms with Crippen molar-refractivity contribution in [2.45, 2.75) is 26.2 Å². The first-order valence-electron chi connectivity index (χ1n) is 7.62. The van der Waals surface area contributed by atoms with E-state index in [0.29, 0.717) is 17.9 Å². The third kappa shape index (κ3) is 4.35. The van der Waals surface area contributed by atoms with Crippen LogP contribution >= 0.6 is 0 Å². The number of amides is 1. The quantitative estimate of drug-likeness (QED) is 0.478. The van der Waals surface area contributed by atoms with E-state index in [4.69, 9.17) is 15.2 Å². The van der Waals surface area contributed by atoms with E-state index in [9.17, 15) is 24.1 Å². The number of nitro benzene ring substituents is 1. The van der Waals surface area contributed by atoms with E-state index in [0.717, 1.165) is 12.1 Å². The second-order valence-electron chi connectivity index (χ2n) is 6.48. The second-order valence-corrected chi connectivity index (χ2v) is 6.48. The average molecular weight is 377 g/mol. The van der Waals surface area contributed by atoms with Gasteiger partial charge in [-0.2, -0.15) is 0 Å². The molecule has 0 fully saturated rings. The number of carbonyl (C=O) groups excluding carboxylic acids is 2. The lowest BCUT2D eigenvalue weighted by molar-refractivity contribution is -0.385. The number of nitrogens with two attached hydrogens (primary N) is 1. The van der Waals surface area contributed by atoms with E-state index < -0.39 is 33.8 Å². The van der Waals surface area contributed by atoms with Crippen LogP contribution in [0.1, 0.15) is 36.7 Å². The molecule has 10 heteroatoms. The molecule has 0 saturated carbocycles. The lowest BCUT2D eigenvalue weighted by atomic mass is 9.86. The van der Waals surface area contributed by atoms with Gasteiger partial charge in [-0.1, -0.05) is 20.8 Å². The minimum Gasteiger partial charge on any atom is -0.453 e. The van der Waals surface area contributed by atoms with Crippen LogP contribution < -0.4 is 15.2 Å². The van der Waals surface area contributed by atoms with Gasteiger partial charge in [-0.3, -0.25) is 14.9 Å². The maximum Gasteiger partial charge on any atom is 0.411 e. The van der Waals surface area contributed by atoms with E-state index >= 15 is 0 Å². The summed E-state index contributed by atoms with van der Waals surface area (Å²) in [6.07, 6.45) is 0.449. The van der Waals surface area contributed by atoms with Gasteiger partial charge < -0.3 is 15.2 Å². The molecule has 0 saturated heterocycles. The van der Waals surface area contributed by atoms with Gasteiger partial charge in [0.25, 0.3) is 5.69 Å². The standard InChI is InChI=1S/C17H16FN3O6/c1-17(2,3)11-7-20-15(27-16(19)23)10(8-22)14(11)26-13-5-4-9(21(24)25)6-12(13)18/h4-8H,1-3H3,(H2,19,23). The Balaban J connectivity index is 2.64. The number of rotatable bonds is 5. The summed E-state index contributed by atoms with van der Waals surface area (Å²) in [6, 6.07) is 2.80. The van der Waals surface area contributed by atoms with Crippen LogP contribution in [-0.4, -0.2) is 22.3 Å². The molecule has 27 heavy (non-hydrogen) atoms. The number of nitrogens with zero attached hydrogens (tertiary/aromatic N) is 2. The van der Waals surface area contributed by atoms with E-state index in [2.05, 4.69) is 4.98 Å². The minimum absolute atomic E-state index is 0.100. The highest BCUT2D eigenvalue weighted by atomic mass is 19.1. The van der Waals surface area contributed by atoms with Crippen molar-refractivity contribution in [3.05, 3.63) is 51.5 Å². The molecule has 0 unspecified atom stereocenters. The third-order valence-corrected chi connectivity index (χ3v) is 3.49. The highest BCUT2D eigenvalue weighted by Crippen LogP contribution is 2.40. The number of hydrogen-bond donors (Lipinski definition) is 1. The molecular weight excluding hydrogens is 361 g/mol. The number of aldehydes is 1. The minimum atomic E-state index is -1.19. The van der Waals surface area contributed by atoms with Crippen molar-refractivity contribution in [2.75, 3.05) is 0 Å². The highest BCUT2D eigenvalue weighted by Gasteiger charge is 2.27. The van der Waals surface area contributed by atoms with E-state index in [1.165, 1.54) is 6.20 Å². The van der Waals surface area contributed by atoms with Crippen LogP contribution in [0.2, 0.25) is 0 Å². The smallest absolute Gasteiger partial charge is 0.411 e. The zero-order chi connectivity index (χ0) is 20.4. The summed E-state index contributed by atoms with van der Waals surface area (Å²) < 4.78 is 24.5. The Morgan fingerprint density at radius 2 is 2.04 bits per heavy atom. The molecule has 9 nitrogen and oxygen atoms in total. The van der Waals surface area contributed by atoms with Crippen molar-refractivity contribution < 1.29 is 28.4 Å². The number of halogens is 1. The van der Waals surface area contributed by atoms with E-state index in [-0.39, 0.29) is 17.1 Å². The number of ether oxygens (including phenoxy) is 2. The van der Waals surface area contributed by atoms with Gasteiger partial charge in [0, 0.05) is 17.8 Å². The Labute approximate surface area is 153 Å². The van der Waals surface area contributed by atoms with Crippen LogP contribution in [0.4, 0.5) is 14.9 Å². The Hall–Kier alpha value is -3.56. The molecule has 0 aliphatic carbocycles. The third-order valence-electron chi connectivity index (χ3n) is 3.49. The Morgan fingerprint density at radius 1 is 1.37 bits per heavy atom. The number of hydrogen-bond acceptors (Lipinski definition) is 7. The highest BCUT2D eigenvalue weighted by molar-refractivity contribution is 5.85. The first kappa shape index (κ1) is 19.8. The number of aromatic nitrogens is 1. The molecule has 2 aromatic rings. The van der Waals surface area contributed by atoms with Crippen molar-refractivity contribution in [2.24, 2.45) is 5.73 Å². The molecule has 1 amide bonds. The van der Waals surface area contributed by atoms with E-state index in [1.807, 2.05) is 0 Å². The molecule has 2 rings (SSSR count). The van der Waals surface area contributed by atoms with Crippen molar-refractivity contribution in [1.29, 1.82) is 0 Å². The normalized spacial score (nSPS) is 11.0. The fourth-order valence-electron chi connectivity index (χ4n) is 2.21. The van der Waals surface area contributed by atoms with Crippen molar-refractivity contribution in [3.8, 4) is 17.4 Å². The summed E-state index contributed by atoms with van der Waals surface area (Å²) in [5.41, 5.74) is 4.09. The van der Waals surface area contributed by atoms with Gasteiger partial charge in [-0.05, 0) is 11.5 Å². The SMILES string of the molecule is CC(C)(C)c1cnc(OC(N)=O)c(C=O)c1Oc1ccc([N+](=O)[O-])cc1F. The van der Waals surface area contributed by atoms with Crippen LogP contribution in [0.3, 0.4) is 0 Å². The maximum absolute atomic E-state index is 14.2. The monoisotopic (exact) mass is 377 g/mol. The summed E-state index contributed by atoms with van der Waals surface area (Å²) in [6.45, 7) is 5.39. The van der Waals surface area contributed by atoms with Gasteiger partial charge in [0.2, 0.25) is 5.88 Å². The number of carbonyl (C=O) groups is 2. The summed E-state index contributed by atoms with van der Waals surface area (Å²) in [5.74, 6) is -1.86. The first-order chi connectivity index (χ1) is 12.5. The molecular formula is C17H16FN3O6. The Morgan fingerprint density at radius 3 is 2.52 bits per heavy atom. The number of benzene rings is 1. The molecule has 142 valence electrons. The summed E-state index contributed by atoms with van der Waals surface area (Å²) in [4.78, 5) is 36.5. The lowest BCUT2D eigenvalue weighted by Crippen LogP contribution is -2.20. The van der Waals surface area contributed by atoms with Crippen LogP contribution in [0.15, 0.2) is 24.4 Å². The predicted octanol–water partition coefficient (Wildman–Crippen LogP) is 3.49.